The van der Waals surface area contributed by atoms with Crippen LogP contribution in [0.4, 0.5) is 0 Å². The van der Waals surface area contributed by atoms with E-state index in [0.717, 1.165) is 11.7 Å². The standard InChI is InChI=1S/C5H5NSe/c1-2-3-4-7-5-6/h1H,3-4H2. The van der Waals surface area contributed by atoms with Crippen LogP contribution >= 0.6 is 0 Å². The molecule has 0 aliphatic heterocycles. The van der Waals surface area contributed by atoms with Gasteiger partial charge in [0, 0.05) is 0 Å². The Morgan fingerprint density at radius 3 is 2.86 bits per heavy atom. The van der Waals surface area contributed by atoms with Crippen molar-refractivity contribution in [3.8, 4) is 17.3 Å². The molecule has 0 heterocycles. The molecule has 0 bridgehead atoms. The fourth-order valence-electron chi connectivity index (χ4n) is 0.156. The van der Waals surface area contributed by atoms with E-state index in [9.17, 15) is 0 Å². The van der Waals surface area contributed by atoms with Gasteiger partial charge >= 0.3 is 49.3 Å². The Morgan fingerprint density at radius 1 is 1.71 bits per heavy atom. The summed E-state index contributed by atoms with van der Waals surface area (Å²) >= 11 is 0.131. The molecule has 0 atom stereocenters. The molecule has 0 aromatic heterocycles. The van der Waals surface area contributed by atoms with E-state index in [1.54, 1.807) is 0 Å². The molecule has 0 fully saturated rings. The Balaban J connectivity index is 2.77. The van der Waals surface area contributed by atoms with Gasteiger partial charge in [0.2, 0.25) is 0 Å². The van der Waals surface area contributed by atoms with Gasteiger partial charge in [0.05, 0.1) is 0 Å². The summed E-state index contributed by atoms with van der Waals surface area (Å²) in [6.07, 6.45) is 5.68. The molecule has 0 N–H and O–H groups in total. The summed E-state index contributed by atoms with van der Waals surface area (Å²) < 4.78 is 0. The Morgan fingerprint density at radius 2 is 2.43 bits per heavy atom. The van der Waals surface area contributed by atoms with Gasteiger partial charge in [0.25, 0.3) is 0 Å². The molecule has 0 saturated carbocycles. The molecule has 7 heavy (non-hydrogen) atoms. The van der Waals surface area contributed by atoms with Crippen LogP contribution in [0.3, 0.4) is 0 Å². The third kappa shape index (κ3) is 5.57. The summed E-state index contributed by atoms with van der Waals surface area (Å²) in [7, 11) is 0. The van der Waals surface area contributed by atoms with Gasteiger partial charge in [-0.1, -0.05) is 0 Å². The van der Waals surface area contributed by atoms with Crippen molar-refractivity contribution < 1.29 is 0 Å². The average molecular weight is 158 g/mol. The van der Waals surface area contributed by atoms with Crippen molar-refractivity contribution in [2.45, 2.75) is 11.7 Å². The summed E-state index contributed by atoms with van der Waals surface area (Å²) in [5.74, 6) is 2.47. The van der Waals surface area contributed by atoms with Crippen molar-refractivity contribution in [1.82, 2.24) is 0 Å². The molecule has 2 heteroatoms. The molecule has 0 rings (SSSR count). The number of nitriles is 1. The second-order valence-corrected chi connectivity index (χ2v) is 2.74. The van der Waals surface area contributed by atoms with Gasteiger partial charge in [-0.2, -0.15) is 0 Å². The monoisotopic (exact) mass is 159 g/mol. The molecule has 36 valence electrons. The Hall–Kier alpha value is -0.431. The third-order valence-corrected chi connectivity index (χ3v) is 1.54. The topological polar surface area (TPSA) is 23.8 Å². The van der Waals surface area contributed by atoms with E-state index < -0.39 is 0 Å². The first kappa shape index (κ1) is 6.57. The first-order chi connectivity index (χ1) is 3.41. The van der Waals surface area contributed by atoms with Gasteiger partial charge in [0.15, 0.2) is 0 Å². The molecule has 1 nitrogen and oxygen atoms in total. The van der Waals surface area contributed by atoms with Crippen LogP contribution in [-0.2, 0) is 0 Å². The molecular weight excluding hydrogens is 153 g/mol. The minimum absolute atomic E-state index is 0.131. The van der Waals surface area contributed by atoms with E-state index in [0.29, 0.717) is 0 Å². The van der Waals surface area contributed by atoms with Crippen molar-refractivity contribution in [1.29, 1.82) is 5.26 Å². The molecule has 0 aliphatic carbocycles. The zero-order valence-corrected chi connectivity index (χ0v) is 5.56. The second kappa shape index (κ2) is 5.57. The van der Waals surface area contributed by atoms with Crippen molar-refractivity contribution >= 4 is 15.0 Å². The number of terminal acetylenes is 1. The molecule has 0 aromatic carbocycles. The predicted octanol–water partition coefficient (Wildman–Crippen LogP) is 0.613. The number of nitrogens with zero attached hydrogens (tertiary/aromatic N) is 1. The summed E-state index contributed by atoms with van der Waals surface area (Å²) in [5.41, 5.74) is 0. The Bertz CT molecular complexity index is 92.2. The van der Waals surface area contributed by atoms with E-state index in [4.69, 9.17) is 11.7 Å². The number of hydrogen-bond donors (Lipinski definition) is 0. The molecule has 0 amide bonds. The maximum atomic E-state index is 8.00. The predicted molar refractivity (Wildman–Crippen MR) is 29.6 cm³/mol. The normalized spacial score (nSPS) is 6.57. The van der Waals surface area contributed by atoms with Crippen LogP contribution in [0.2, 0.25) is 5.32 Å². The van der Waals surface area contributed by atoms with Crippen molar-refractivity contribution in [3.05, 3.63) is 0 Å². The quantitative estimate of drug-likeness (QED) is 0.328. The fourth-order valence-corrected chi connectivity index (χ4v) is 0.809. The molecule has 0 unspecified atom stereocenters. The average Bonchev–Trinajstić information content (AvgIpc) is 1.69. The summed E-state index contributed by atoms with van der Waals surface area (Å²) in [6, 6.07) is 0. The fraction of sp³-hybridized carbons (Fsp3) is 0.400. The van der Waals surface area contributed by atoms with Crippen LogP contribution in [0.15, 0.2) is 0 Å². The zero-order valence-electron chi connectivity index (χ0n) is 3.85. The SMILES string of the molecule is C#CCC[Se]C#N. The summed E-state index contributed by atoms with van der Waals surface area (Å²) in [5, 5.41) is 8.90. The van der Waals surface area contributed by atoms with Gasteiger partial charge in [-0.25, -0.2) is 0 Å². The first-order valence-corrected chi connectivity index (χ1v) is 3.93. The van der Waals surface area contributed by atoms with Gasteiger partial charge in [-0.15, -0.1) is 0 Å². The van der Waals surface area contributed by atoms with E-state index in [1.165, 1.54) is 0 Å². The Kier molecular flexibility index (Phi) is 5.23. The molecule has 0 spiro atoms. The summed E-state index contributed by atoms with van der Waals surface area (Å²) in [4.78, 5) is 2.07. The van der Waals surface area contributed by atoms with Crippen LogP contribution in [0.1, 0.15) is 6.42 Å². The molecule has 0 radical (unpaired) electrons. The molecule has 0 aliphatic rings. The van der Waals surface area contributed by atoms with Crippen molar-refractivity contribution in [2.75, 3.05) is 0 Å². The molecule has 0 saturated heterocycles. The zero-order chi connectivity index (χ0) is 5.54. The Labute approximate surface area is 49.9 Å². The van der Waals surface area contributed by atoms with Gasteiger partial charge < -0.3 is 0 Å². The van der Waals surface area contributed by atoms with E-state index in [1.807, 2.05) is 0 Å². The third-order valence-electron chi connectivity index (χ3n) is 0.413. The number of rotatable bonds is 2. The van der Waals surface area contributed by atoms with Crippen molar-refractivity contribution in [3.63, 3.8) is 0 Å². The van der Waals surface area contributed by atoms with E-state index in [-0.39, 0.29) is 15.0 Å². The van der Waals surface area contributed by atoms with Gasteiger partial charge in [-0.3, -0.25) is 0 Å². The van der Waals surface area contributed by atoms with Gasteiger partial charge in [-0.05, 0) is 0 Å². The molecule has 0 aromatic rings. The minimum atomic E-state index is 0.131. The van der Waals surface area contributed by atoms with Crippen molar-refractivity contribution in [2.24, 2.45) is 0 Å². The van der Waals surface area contributed by atoms with Gasteiger partial charge in [0.1, 0.15) is 0 Å². The number of hydrogen-bond acceptors (Lipinski definition) is 1. The molecular formula is C5H5NSe. The van der Waals surface area contributed by atoms with E-state index >= 15 is 0 Å². The van der Waals surface area contributed by atoms with Crippen LogP contribution in [0.25, 0.3) is 0 Å². The summed E-state index contributed by atoms with van der Waals surface area (Å²) in [6.45, 7) is 0. The van der Waals surface area contributed by atoms with Crippen LogP contribution in [0, 0.1) is 22.6 Å². The van der Waals surface area contributed by atoms with Crippen LogP contribution < -0.4 is 0 Å². The van der Waals surface area contributed by atoms with E-state index in [2.05, 4.69) is 10.9 Å². The van der Waals surface area contributed by atoms with Crippen LogP contribution in [-0.4, -0.2) is 15.0 Å². The maximum absolute atomic E-state index is 8.00. The first-order valence-electron chi connectivity index (χ1n) is 1.86. The second-order valence-electron chi connectivity index (χ2n) is 0.894. The van der Waals surface area contributed by atoms with Crippen LogP contribution in [0.5, 0.6) is 0 Å².